The van der Waals surface area contributed by atoms with Crippen LogP contribution >= 0.6 is 11.6 Å². The van der Waals surface area contributed by atoms with Gasteiger partial charge in [0.1, 0.15) is 28.3 Å². The molecule has 1 amide bonds. The van der Waals surface area contributed by atoms with Crippen LogP contribution in [0, 0.1) is 5.41 Å². The van der Waals surface area contributed by atoms with Crippen molar-refractivity contribution in [3.63, 3.8) is 0 Å². The zero-order valence-corrected chi connectivity index (χ0v) is 33.9. The first-order chi connectivity index (χ1) is 26.8. The highest BCUT2D eigenvalue weighted by Gasteiger charge is 2.48. The fourth-order valence-electron chi connectivity index (χ4n) is 9.18. The minimum Gasteiger partial charge on any atom is -0.465 e. The van der Waals surface area contributed by atoms with E-state index in [1.165, 1.54) is 23.8 Å². The van der Waals surface area contributed by atoms with Crippen molar-refractivity contribution < 1.29 is 23.8 Å². The summed E-state index contributed by atoms with van der Waals surface area (Å²) in [7, 11) is 1.38. The fraction of sp³-hybridized carbons (Fsp3) is 0.477. The molecular formula is C44H53ClN6O5. The number of anilines is 1. The van der Waals surface area contributed by atoms with E-state index >= 15 is 0 Å². The molecule has 3 aliphatic heterocycles. The van der Waals surface area contributed by atoms with Crippen LogP contribution in [-0.2, 0) is 9.47 Å². The molecule has 11 nitrogen and oxygen atoms in total. The van der Waals surface area contributed by atoms with Gasteiger partial charge in [0.15, 0.2) is 0 Å². The highest BCUT2D eigenvalue weighted by Crippen LogP contribution is 2.46. The van der Waals surface area contributed by atoms with Gasteiger partial charge in [0.05, 0.1) is 13.3 Å². The normalized spacial score (nSPS) is 23.2. The van der Waals surface area contributed by atoms with Gasteiger partial charge in [0, 0.05) is 92.8 Å². The molecule has 2 aromatic heterocycles. The summed E-state index contributed by atoms with van der Waals surface area (Å²) in [4.78, 5) is 42.8. The lowest BCUT2D eigenvalue weighted by molar-refractivity contribution is 0.00911. The molecule has 5 heterocycles. The number of rotatable bonds is 9. The van der Waals surface area contributed by atoms with Crippen molar-refractivity contribution in [2.24, 2.45) is 5.41 Å². The number of hydrogen-bond donors (Lipinski definition) is 1. The number of pyridine rings is 1. The number of amides is 1. The molecule has 8 rings (SSSR count). The van der Waals surface area contributed by atoms with Gasteiger partial charge in [-0.15, -0.1) is 0 Å². The monoisotopic (exact) mass is 780 g/mol. The van der Waals surface area contributed by atoms with Crippen LogP contribution in [0.2, 0.25) is 5.02 Å². The van der Waals surface area contributed by atoms with E-state index in [4.69, 9.17) is 25.8 Å². The van der Waals surface area contributed by atoms with Crippen LogP contribution in [0.1, 0.15) is 69.3 Å². The van der Waals surface area contributed by atoms with Crippen LogP contribution in [-0.4, -0.2) is 114 Å². The van der Waals surface area contributed by atoms with Crippen LogP contribution in [0.3, 0.4) is 0 Å². The van der Waals surface area contributed by atoms with Crippen LogP contribution in [0.15, 0.2) is 72.6 Å². The molecule has 3 fully saturated rings. The van der Waals surface area contributed by atoms with Crippen LogP contribution in [0.4, 0.5) is 10.5 Å². The number of carbonyl (C=O) groups is 2. The van der Waals surface area contributed by atoms with Gasteiger partial charge in [-0.25, -0.2) is 14.6 Å². The number of allylic oxidation sites excluding steroid dienone is 1. The number of hydrogen-bond acceptors (Lipinski definition) is 9. The number of esters is 1. The third kappa shape index (κ3) is 8.26. The van der Waals surface area contributed by atoms with Gasteiger partial charge in [0.2, 0.25) is 0 Å². The number of benzene rings is 2. The molecule has 0 saturated carbocycles. The summed E-state index contributed by atoms with van der Waals surface area (Å²) in [5.74, 6) is 0.543. The number of nitrogens with one attached hydrogen (secondary N) is 1. The number of fused-ring (bicyclic) bond motifs is 3. The van der Waals surface area contributed by atoms with E-state index in [1.54, 1.807) is 12.3 Å². The Balaban J connectivity index is 0.949. The lowest BCUT2D eigenvalue weighted by Gasteiger charge is -2.44. The maximum atomic E-state index is 12.9. The van der Waals surface area contributed by atoms with Crippen molar-refractivity contribution >= 4 is 46.0 Å². The van der Waals surface area contributed by atoms with Crippen LogP contribution in [0.25, 0.3) is 16.6 Å². The summed E-state index contributed by atoms with van der Waals surface area (Å²) in [5.41, 5.74) is 6.02. The standard InChI is InChI=1S/C44H53ClN6O5/c1-43(2,3)56-42(53)51-27-34-21-35(51)26-50(34)28-44(4)14-12-37(29-6-8-32(45)9-7-29)31(23-44)25-48-16-18-49(19-17-48)33-10-11-38(41(52)54-5)39(22-33)55-36-20-30-13-15-46-40(30)47-24-36/h6-11,13,15,20,22,24,34-35H,12,14,16-19,21,23,25-28H2,1-5H3,(H,46,47). The number of piperazine rings is 2. The molecule has 3 saturated heterocycles. The van der Waals surface area contributed by atoms with Crippen LogP contribution < -0.4 is 9.64 Å². The fourth-order valence-corrected chi connectivity index (χ4v) is 9.31. The van der Waals surface area contributed by atoms with Gasteiger partial charge in [-0.05, 0) is 99.4 Å². The van der Waals surface area contributed by atoms with E-state index < -0.39 is 11.6 Å². The summed E-state index contributed by atoms with van der Waals surface area (Å²) >= 11 is 6.34. The number of methoxy groups -OCH3 is 1. The lowest BCUT2D eigenvalue weighted by atomic mass is 9.71. The molecule has 296 valence electrons. The van der Waals surface area contributed by atoms with E-state index in [0.717, 1.165) is 99.8 Å². The van der Waals surface area contributed by atoms with Gasteiger partial charge in [-0.3, -0.25) is 9.80 Å². The number of H-pyrrole nitrogens is 1. The third-order valence-corrected chi connectivity index (χ3v) is 12.2. The Bertz CT molecular complexity index is 2120. The predicted molar refractivity (Wildman–Crippen MR) is 220 cm³/mol. The average Bonchev–Trinajstić information content (AvgIpc) is 3.91. The maximum absolute atomic E-state index is 12.9. The number of aromatic nitrogens is 2. The molecule has 56 heavy (non-hydrogen) atoms. The predicted octanol–water partition coefficient (Wildman–Crippen LogP) is 8.25. The Kier molecular flexibility index (Phi) is 10.5. The highest BCUT2D eigenvalue weighted by atomic mass is 35.5. The number of likely N-dealkylation sites (tertiary alicyclic amines) is 2. The van der Waals surface area contributed by atoms with Crippen molar-refractivity contribution in [2.75, 3.05) is 64.4 Å². The van der Waals surface area contributed by atoms with Crippen molar-refractivity contribution in [1.82, 2.24) is 24.7 Å². The van der Waals surface area contributed by atoms with E-state index in [-0.39, 0.29) is 17.6 Å². The van der Waals surface area contributed by atoms with E-state index in [2.05, 4.69) is 43.7 Å². The Morgan fingerprint density at radius 2 is 1.79 bits per heavy atom. The Hall–Kier alpha value is -4.58. The molecule has 4 aliphatic rings. The van der Waals surface area contributed by atoms with Gasteiger partial charge < -0.3 is 29.0 Å². The molecule has 3 unspecified atom stereocenters. The molecule has 4 aromatic rings. The van der Waals surface area contributed by atoms with Gasteiger partial charge in [-0.2, -0.15) is 0 Å². The summed E-state index contributed by atoms with van der Waals surface area (Å²) in [6.45, 7) is 15.4. The SMILES string of the molecule is COC(=O)c1ccc(N2CCN(CC3=C(c4ccc(Cl)cc4)CCC(C)(CN4CC5CC4CN5C(=O)OC(C)(C)C)C3)CC2)cc1Oc1cnc2[nH]ccc2c1. The first-order valence-electron chi connectivity index (χ1n) is 19.8. The zero-order valence-electron chi connectivity index (χ0n) is 33.1. The lowest BCUT2D eigenvalue weighted by Crippen LogP contribution is -2.52. The molecule has 0 spiro atoms. The summed E-state index contributed by atoms with van der Waals surface area (Å²) in [6.07, 6.45) is 7.52. The number of ether oxygens (including phenoxy) is 3. The largest absolute Gasteiger partial charge is 0.465 e. The number of aromatic amines is 1. The summed E-state index contributed by atoms with van der Waals surface area (Å²) in [6, 6.07) is 18.5. The van der Waals surface area contributed by atoms with Crippen LogP contribution in [0.5, 0.6) is 11.5 Å². The first-order valence-corrected chi connectivity index (χ1v) is 20.2. The minimum atomic E-state index is -0.488. The average molecular weight is 781 g/mol. The van der Waals surface area contributed by atoms with Gasteiger partial charge in [0.25, 0.3) is 0 Å². The van der Waals surface area contributed by atoms with Crippen molar-refractivity contribution in [2.45, 2.75) is 71.1 Å². The summed E-state index contributed by atoms with van der Waals surface area (Å²) < 4.78 is 17.1. The maximum Gasteiger partial charge on any atom is 0.410 e. The smallest absolute Gasteiger partial charge is 0.410 e. The third-order valence-electron chi connectivity index (χ3n) is 11.9. The molecule has 1 N–H and O–H groups in total. The second-order valence-electron chi connectivity index (χ2n) is 17.3. The second kappa shape index (κ2) is 15.4. The molecular weight excluding hydrogens is 728 g/mol. The molecule has 2 aromatic carbocycles. The first kappa shape index (κ1) is 38.3. The quantitative estimate of drug-likeness (QED) is 0.168. The number of halogens is 1. The van der Waals surface area contributed by atoms with Crippen molar-refractivity contribution in [1.29, 1.82) is 0 Å². The Morgan fingerprint density at radius 3 is 2.50 bits per heavy atom. The van der Waals surface area contributed by atoms with E-state index in [1.807, 2.05) is 68.3 Å². The Labute approximate surface area is 334 Å². The second-order valence-corrected chi connectivity index (χ2v) is 17.7. The van der Waals surface area contributed by atoms with E-state index in [9.17, 15) is 9.59 Å². The zero-order chi connectivity index (χ0) is 39.2. The number of carbonyl (C=O) groups excluding carboxylic acids is 2. The molecule has 2 bridgehead atoms. The summed E-state index contributed by atoms with van der Waals surface area (Å²) in [5, 5.41) is 1.68. The van der Waals surface area contributed by atoms with Gasteiger partial charge >= 0.3 is 12.1 Å². The van der Waals surface area contributed by atoms with E-state index in [0.29, 0.717) is 23.1 Å². The van der Waals surface area contributed by atoms with Gasteiger partial charge in [-0.1, -0.05) is 36.2 Å². The highest BCUT2D eigenvalue weighted by molar-refractivity contribution is 6.30. The number of nitrogens with zero attached hydrogens (tertiary/aromatic N) is 5. The molecule has 1 aliphatic carbocycles. The molecule has 0 radical (unpaired) electrons. The van der Waals surface area contributed by atoms with Crippen molar-refractivity contribution in [3.05, 3.63) is 88.7 Å². The van der Waals surface area contributed by atoms with Crippen molar-refractivity contribution in [3.8, 4) is 11.5 Å². The Morgan fingerprint density at radius 1 is 1.00 bits per heavy atom. The topological polar surface area (TPSA) is 103 Å². The molecule has 3 atom stereocenters. The minimum absolute atomic E-state index is 0.132. The molecule has 12 heteroatoms.